The minimum atomic E-state index is -0.490. The smallest absolute Gasteiger partial charge is 0.318 e. The maximum Gasteiger partial charge on any atom is 0.318 e. The van der Waals surface area contributed by atoms with Gasteiger partial charge in [-0.25, -0.2) is 0 Å². The lowest BCUT2D eigenvalue weighted by Gasteiger charge is -2.51. The van der Waals surface area contributed by atoms with Crippen LogP contribution in [-0.2, 0) is 19.7 Å². The zero-order valence-corrected chi connectivity index (χ0v) is 12.1. The van der Waals surface area contributed by atoms with E-state index in [-0.39, 0.29) is 23.8 Å². The fourth-order valence-electron chi connectivity index (χ4n) is 4.95. The lowest BCUT2D eigenvalue weighted by molar-refractivity contribution is -0.154. The summed E-state index contributed by atoms with van der Waals surface area (Å²) >= 11 is 0. The SMILES string of the molecule is CC12c3ccccc3C(c3ccccc31)[C@@H]1C(=O)OC(=O)[C@@H]12. The largest absolute Gasteiger partial charge is 0.393 e. The van der Waals surface area contributed by atoms with E-state index < -0.39 is 11.3 Å². The Kier molecular flexibility index (Phi) is 2.03. The average Bonchev–Trinajstić information content (AvgIpc) is 2.84. The molecule has 6 rings (SSSR count). The summed E-state index contributed by atoms with van der Waals surface area (Å²) in [6.07, 6.45) is 0. The number of carbonyl (C=O) groups is 2. The molecule has 0 N–H and O–H groups in total. The molecule has 0 unspecified atom stereocenters. The monoisotopic (exact) mass is 290 g/mol. The molecule has 0 saturated carbocycles. The minimum absolute atomic E-state index is 0.0711. The Bertz CT molecular complexity index is 804. The van der Waals surface area contributed by atoms with Crippen LogP contribution in [0.25, 0.3) is 0 Å². The highest BCUT2D eigenvalue weighted by Gasteiger charge is 2.65. The summed E-state index contributed by atoms with van der Waals surface area (Å²) in [5.41, 5.74) is 4.15. The van der Waals surface area contributed by atoms with E-state index in [1.54, 1.807) is 0 Å². The molecule has 0 amide bonds. The number of benzene rings is 2. The van der Waals surface area contributed by atoms with Gasteiger partial charge in [0, 0.05) is 11.3 Å². The number of cyclic esters (lactones) is 2. The normalized spacial score (nSPS) is 34.0. The molecule has 0 radical (unpaired) electrons. The Morgan fingerprint density at radius 3 is 2.00 bits per heavy atom. The van der Waals surface area contributed by atoms with E-state index in [1.165, 1.54) is 0 Å². The molecule has 3 nitrogen and oxygen atoms in total. The van der Waals surface area contributed by atoms with Gasteiger partial charge in [-0.2, -0.15) is 0 Å². The van der Waals surface area contributed by atoms with Gasteiger partial charge in [0.25, 0.3) is 0 Å². The van der Waals surface area contributed by atoms with Crippen LogP contribution < -0.4 is 0 Å². The van der Waals surface area contributed by atoms with Gasteiger partial charge < -0.3 is 4.74 Å². The maximum absolute atomic E-state index is 12.4. The van der Waals surface area contributed by atoms with Crippen LogP contribution in [0.3, 0.4) is 0 Å². The van der Waals surface area contributed by atoms with Crippen molar-refractivity contribution in [1.82, 2.24) is 0 Å². The third-order valence-electron chi connectivity index (χ3n) is 5.78. The van der Waals surface area contributed by atoms with Gasteiger partial charge in [0.05, 0.1) is 11.8 Å². The Balaban J connectivity index is 1.94. The average molecular weight is 290 g/mol. The zero-order valence-electron chi connectivity index (χ0n) is 12.1. The molecule has 22 heavy (non-hydrogen) atoms. The van der Waals surface area contributed by atoms with Crippen molar-refractivity contribution in [1.29, 1.82) is 0 Å². The van der Waals surface area contributed by atoms with Gasteiger partial charge in [-0.1, -0.05) is 55.5 Å². The third kappa shape index (κ3) is 1.12. The van der Waals surface area contributed by atoms with E-state index in [9.17, 15) is 9.59 Å². The van der Waals surface area contributed by atoms with Gasteiger partial charge in [-0.05, 0) is 22.3 Å². The molecule has 2 atom stereocenters. The Morgan fingerprint density at radius 1 is 0.864 bits per heavy atom. The van der Waals surface area contributed by atoms with E-state index >= 15 is 0 Å². The van der Waals surface area contributed by atoms with Crippen LogP contribution in [0.4, 0.5) is 0 Å². The molecule has 0 aromatic heterocycles. The molecular formula is C19H14O3. The van der Waals surface area contributed by atoms with Crippen molar-refractivity contribution < 1.29 is 14.3 Å². The lowest BCUT2D eigenvalue weighted by Crippen LogP contribution is -2.51. The molecule has 0 spiro atoms. The van der Waals surface area contributed by atoms with E-state index in [2.05, 4.69) is 31.2 Å². The van der Waals surface area contributed by atoms with Crippen LogP contribution in [0.2, 0.25) is 0 Å². The van der Waals surface area contributed by atoms with Gasteiger partial charge in [0.1, 0.15) is 0 Å². The van der Waals surface area contributed by atoms with E-state index in [4.69, 9.17) is 4.74 Å². The van der Waals surface area contributed by atoms with Crippen molar-refractivity contribution in [2.45, 2.75) is 18.3 Å². The summed E-state index contributed by atoms with van der Waals surface area (Å²) in [4.78, 5) is 24.7. The molecule has 2 aromatic carbocycles. The first-order valence-electron chi connectivity index (χ1n) is 7.58. The second-order valence-electron chi connectivity index (χ2n) is 6.60. The fourth-order valence-corrected chi connectivity index (χ4v) is 4.95. The van der Waals surface area contributed by atoms with Crippen LogP contribution in [0.5, 0.6) is 0 Å². The fraction of sp³-hybridized carbons (Fsp3) is 0.263. The van der Waals surface area contributed by atoms with E-state index in [0.29, 0.717) is 0 Å². The standard InChI is InChI=1S/C19H14O3/c1-19-12-8-4-2-6-10(12)14(11-7-3-5-9-13(11)19)15-16(19)18(21)22-17(15)20/h2-9,14-16H,1H3/t14?,15-,16+,19?/m0/s1. The van der Waals surface area contributed by atoms with Crippen LogP contribution in [0.1, 0.15) is 35.1 Å². The van der Waals surface area contributed by atoms with E-state index in [0.717, 1.165) is 22.3 Å². The van der Waals surface area contributed by atoms with Crippen LogP contribution in [-0.4, -0.2) is 11.9 Å². The van der Waals surface area contributed by atoms with Crippen molar-refractivity contribution >= 4 is 11.9 Å². The van der Waals surface area contributed by atoms with Crippen molar-refractivity contribution in [3.63, 3.8) is 0 Å². The summed E-state index contributed by atoms with van der Waals surface area (Å²) in [6.45, 7) is 2.08. The zero-order chi connectivity index (χ0) is 15.1. The highest BCUT2D eigenvalue weighted by Crippen LogP contribution is 2.63. The first-order chi connectivity index (χ1) is 10.6. The van der Waals surface area contributed by atoms with Crippen LogP contribution in [0, 0.1) is 11.8 Å². The summed E-state index contributed by atoms with van der Waals surface area (Å²) in [5, 5.41) is 0. The van der Waals surface area contributed by atoms with Crippen LogP contribution in [0.15, 0.2) is 48.5 Å². The van der Waals surface area contributed by atoms with Crippen LogP contribution >= 0.6 is 0 Å². The molecule has 3 aliphatic carbocycles. The molecule has 3 heteroatoms. The quantitative estimate of drug-likeness (QED) is 0.553. The molecule has 1 aliphatic heterocycles. The predicted molar refractivity (Wildman–Crippen MR) is 79.3 cm³/mol. The number of ether oxygens (including phenoxy) is 1. The molecule has 1 saturated heterocycles. The molecule has 108 valence electrons. The number of esters is 2. The molecule has 2 aromatic rings. The Morgan fingerprint density at radius 2 is 1.41 bits per heavy atom. The molecule has 4 aliphatic rings. The summed E-state index contributed by atoms with van der Waals surface area (Å²) in [5.74, 6) is -1.60. The van der Waals surface area contributed by atoms with Gasteiger partial charge in [-0.3, -0.25) is 9.59 Å². The van der Waals surface area contributed by atoms with Crippen molar-refractivity contribution in [3.05, 3.63) is 70.8 Å². The first-order valence-corrected chi connectivity index (χ1v) is 7.58. The minimum Gasteiger partial charge on any atom is -0.393 e. The van der Waals surface area contributed by atoms with Crippen molar-refractivity contribution in [3.8, 4) is 0 Å². The first kappa shape index (κ1) is 12.2. The number of carbonyl (C=O) groups excluding carboxylic acids is 2. The third-order valence-corrected chi connectivity index (χ3v) is 5.78. The van der Waals surface area contributed by atoms with Crippen molar-refractivity contribution in [2.75, 3.05) is 0 Å². The predicted octanol–water partition coefficient (Wildman–Crippen LogP) is 2.77. The Labute approximate surface area is 127 Å². The molecular weight excluding hydrogens is 276 g/mol. The van der Waals surface area contributed by atoms with Crippen molar-refractivity contribution in [2.24, 2.45) is 11.8 Å². The summed E-state index contributed by atoms with van der Waals surface area (Å²) < 4.78 is 5.04. The topological polar surface area (TPSA) is 43.4 Å². The number of hydrogen-bond acceptors (Lipinski definition) is 3. The molecule has 1 heterocycles. The highest BCUT2D eigenvalue weighted by atomic mass is 16.6. The van der Waals surface area contributed by atoms with Gasteiger partial charge in [0.15, 0.2) is 0 Å². The van der Waals surface area contributed by atoms with Gasteiger partial charge in [-0.15, -0.1) is 0 Å². The number of hydrogen-bond donors (Lipinski definition) is 0. The van der Waals surface area contributed by atoms with E-state index in [1.807, 2.05) is 24.3 Å². The molecule has 1 fully saturated rings. The second kappa shape index (κ2) is 3.67. The summed E-state index contributed by atoms with van der Waals surface area (Å²) in [7, 11) is 0. The number of rotatable bonds is 0. The lowest BCUT2D eigenvalue weighted by atomic mass is 9.48. The second-order valence-corrected chi connectivity index (χ2v) is 6.60. The highest BCUT2D eigenvalue weighted by molar-refractivity contribution is 6.00. The van der Waals surface area contributed by atoms with Gasteiger partial charge >= 0.3 is 11.9 Å². The maximum atomic E-state index is 12.4. The van der Waals surface area contributed by atoms with Gasteiger partial charge in [0.2, 0.25) is 0 Å². The molecule has 2 bridgehead atoms. The Hall–Kier alpha value is -2.42. The summed E-state index contributed by atoms with van der Waals surface area (Å²) in [6, 6.07) is 16.4.